The van der Waals surface area contributed by atoms with Crippen LogP contribution < -0.4 is 4.90 Å². The van der Waals surface area contributed by atoms with Crippen molar-refractivity contribution in [1.82, 2.24) is 9.80 Å². The Morgan fingerprint density at radius 2 is 1.59 bits per heavy atom. The maximum atomic E-state index is 14.7. The number of Topliss-reactive ketones (excluding diaryl/α,β-unsaturated/α-hetero) is 1. The van der Waals surface area contributed by atoms with Crippen molar-refractivity contribution in [2.75, 3.05) is 44.2 Å². The summed E-state index contributed by atoms with van der Waals surface area (Å²) in [5.41, 5.74) is 0.150. The molecule has 0 N–H and O–H groups in total. The van der Waals surface area contributed by atoms with Gasteiger partial charge in [-0.15, -0.1) is 0 Å². The number of anilines is 1. The van der Waals surface area contributed by atoms with E-state index in [0.29, 0.717) is 57.8 Å². The fourth-order valence-electron chi connectivity index (χ4n) is 3.49. The van der Waals surface area contributed by atoms with Crippen molar-refractivity contribution in [1.29, 1.82) is 0 Å². The third kappa shape index (κ3) is 5.25. The molecular formula is C21H28FN3O4. The molecule has 29 heavy (non-hydrogen) atoms. The number of carbonyl (C=O) groups excluding carboxylic acids is 3. The molecular weight excluding hydrogens is 377 g/mol. The zero-order valence-electron chi connectivity index (χ0n) is 17.2. The van der Waals surface area contributed by atoms with E-state index in [-0.39, 0.29) is 23.3 Å². The maximum Gasteiger partial charge on any atom is 0.410 e. The standard InChI is InChI=1S/C21H28FN3O4/c1-21(2,3)29-20(28)25-12-10-23(11-13-25)18-5-4-15(14-17(18)22)19(27)24-8-6-16(26)7-9-24/h4-5,14H,6-13H2,1-3H3. The Bertz CT molecular complexity index is 788. The molecule has 1 aromatic carbocycles. The zero-order valence-corrected chi connectivity index (χ0v) is 17.2. The van der Waals surface area contributed by atoms with Gasteiger partial charge >= 0.3 is 6.09 Å². The highest BCUT2D eigenvalue weighted by molar-refractivity contribution is 5.95. The van der Waals surface area contributed by atoms with Gasteiger partial charge in [0.25, 0.3) is 5.91 Å². The molecule has 0 spiro atoms. The molecule has 0 atom stereocenters. The number of rotatable bonds is 2. The summed E-state index contributed by atoms with van der Waals surface area (Å²) < 4.78 is 20.1. The summed E-state index contributed by atoms with van der Waals surface area (Å²) in [7, 11) is 0. The van der Waals surface area contributed by atoms with Crippen molar-refractivity contribution in [3.63, 3.8) is 0 Å². The van der Waals surface area contributed by atoms with E-state index in [4.69, 9.17) is 4.74 Å². The summed E-state index contributed by atoms with van der Waals surface area (Å²) in [6, 6.07) is 4.49. The molecule has 0 saturated carbocycles. The normalized spacial score (nSPS) is 18.1. The topological polar surface area (TPSA) is 70.2 Å². The third-order valence-corrected chi connectivity index (χ3v) is 5.08. The second-order valence-electron chi connectivity index (χ2n) is 8.45. The van der Waals surface area contributed by atoms with Crippen molar-refractivity contribution >= 4 is 23.5 Å². The summed E-state index contributed by atoms with van der Waals surface area (Å²) in [5.74, 6) is -0.562. The average Bonchev–Trinajstić information content (AvgIpc) is 2.67. The monoisotopic (exact) mass is 405 g/mol. The molecule has 0 radical (unpaired) electrons. The lowest BCUT2D eigenvalue weighted by Crippen LogP contribution is -2.50. The predicted molar refractivity (Wildman–Crippen MR) is 107 cm³/mol. The highest BCUT2D eigenvalue weighted by Gasteiger charge is 2.28. The quantitative estimate of drug-likeness (QED) is 0.757. The van der Waals surface area contributed by atoms with Crippen LogP contribution in [0, 0.1) is 5.82 Å². The largest absolute Gasteiger partial charge is 0.444 e. The lowest BCUT2D eigenvalue weighted by atomic mass is 10.1. The molecule has 0 bridgehead atoms. The van der Waals surface area contributed by atoms with Crippen LogP contribution in [0.2, 0.25) is 0 Å². The number of carbonyl (C=O) groups is 3. The van der Waals surface area contributed by atoms with E-state index in [2.05, 4.69) is 0 Å². The average molecular weight is 405 g/mol. The van der Waals surface area contributed by atoms with Gasteiger partial charge in [-0.05, 0) is 39.0 Å². The number of hydrogen-bond acceptors (Lipinski definition) is 5. The second-order valence-corrected chi connectivity index (χ2v) is 8.45. The lowest BCUT2D eigenvalue weighted by molar-refractivity contribution is -0.120. The summed E-state index contributed by atoms with van der Waals surface area (Å²) in [5, 5.41) is 0. The number of hydrogen-bond donors (Lipinski definition) is 0. The molecule has 8 heteroatoms. The van der Waals surface area contributed by atoms with Crippen LogP contribution in [-0.4, -0.2) is 72.5 Å². The van der Waals surface area contributed by atoms with E-state index in [1.807, 2.05) is 25.7 Å². The van der Waals surface area contributed by atoms with Crippen molar-refractivity contribution in [3.05, 3.63) is 29.6 Å². The third-order valence-electron chi connectivity index (χ3n) is 5.08. The molecule has 0 aromatic heterocycles. The first-order chi connectivity index (χ1) is 13.6. The van der Waals surface area contributed by atoms with Crippen molar-refractivity contribution in [2.24, 2.45) is 0 Å². The van der Waals surface area contributed by atoms with E-state index in [1.165, 1.54) is 6.07 Å². The summed E-state index contributed by atoms with van der Waals surface area (Å²) in [6.07, 6.45) is 0.348. The van der Waals surface area contributed by atoms with Gasteiger partial charge in [0.2, 0.25) is 0 Å². The van der Waals surface area contributed by atoms with E-state index >= 15 is 0 Å². The minimum absolute atomic E-state index is 0.154. The maximum absolute atomic E-state index is 14.7. The first-order valence-electron chi connectivity index (χ1n) is 9.97. The van der Waals surface area contributed by atoms with E-state index < -0.39 is 11.4 Å². The smallest absolute Gasteiger partial charge is 0.410 e. The van der Waals surface area contributed by atoms with Crippen molar-refractivity contribution in [2.45, 2.75) is 39.2 Å². The number of likely N-dealkylation sites (tertiary alicyclic amines) is 1. The Balaban J connectivity index is 1.60. The minimum Gasteiger partial charge on any atom is -0.444 e. The van der Waals surface area contributed by atoms with Crippen molar-refractivity contribution < 1.29 is 23.5 Å². The second kappa shape index (κ2) is 8.39. The molecule has 2 saturated heterocycles. The molecule has 2 aliphatic heterocycles. The number of amides is 2. The molecule has 0 unspecified atom stereocenters. The van der Waals surface area contributed by atoms with Gasteiger partial charge in [-0.3, -0.25) is 9.59 Å². The lowest BCUT2D eigenvalue weighted by Gasteiger charge is -2.37. The highest BCUT2D eigenvalue weighted by atomic mass is 19.1. The molecule has 0 aliphatic carbocycles. The number of piperidine rings is 1. The number of ether oxygens (including phenoxy) is 1. The Morgan fingerprint density at radius 3 is 2.14 bits per heavy atom. The van der Waals surface area contributed by atoms with Crippen LogP contribution in [0.15, 0.2) is 18.2 Å². The Labute approximate surface area is 170 Å². The number of ketones is 1. The summed E-state index contributed by atoms with van der Waals surface area (Å²) in [4.78, 5) is 41.1. The molecule has 7 nitrogen and oxygen atoms in total. The van der Waals surface area contributed by atoms with E-state index in [9.17, 15) is 18.8 Å². The van der Waals surface area contributed by atoms with Crippen LogP contribution in [0.1, 0.15) is 44.0 Å². The number of halogens is 1. The summed E-state index contributed by atoms with van der Waals surface area (Å²) in [6.45, 7) is 8.08. The number of nitrogens with zero attached hydrogens (tertiary/aromatic N) is 3. The van der Waals surface area contributed by atoms with Crippen LogP contribution in [0.3, 0.4) is 0 Å². The van der Waals surface area contributed by atoms with Crippen LogP contribution >= 0.6 is 0 Å². The number of piperazine rings is 1. The molecule has 2 amide bonds. The fourth-order valence-corrected chi connectivity index (χ4v) is 3.49. The Kier molecular flexibility index (Phi) is 6.10. The van der Waals surface area contributed by atoms with Gasteiger partial charge in [0.15, 0.2) is 0 Å². The Hall–Kier alpha value is -2.64. The van der Waals surface area contributed by atoms with Gasteiger partial charge in [-0.1, -0.05) is 0 Å². The Morgan fingerprint density at radius 1 is 0.966 bits per heavy atom. The van der Waals surface area contributed by atoms with Crippen LogP contribution in [0.25, 0.3) is 0 Å². The molecule has 2 fully saturated rings. The predicted octanol–water partition coefficient (Wildman–Crippen LogP) is 2.69. The van der Waals surface area contributed by atoms with E-state index in [1.54, 1.807) is 21.9 Å². The fraction of sp³-hybridized carbons (Fsp3) is 0.571. The minimum atomic E-state index is -0.551. The van der Waals surface area contributed by atoms with Gasteiger partial charge in [0.05, 0.1) is 5.69 Å². The van der Waals surface area contributed by atoms with Crippen molar-refractivity contribution in [3.8, 4) is 0 Å². The molecule has 3 rings (SSSR count). The van der Waals surface area contributed by atoms with Gasteiger partial charge in [-0.25, -0.2) is 9.18 Å². The first-order valence-corrected chi connectivity index (χ1v) is 9.97. The van der Waals surface area contributed by atoms with Crippen LogP contribution in [-0.2, 0) is 9.53 Å². The highest BCUT2D eigenvalue weighted by Crippen LogP contribution is 2.24. The van der Waals surface area contributed by atoms with Crippen LogP contribution in [0.4, 0.5) is 14.9 Å². The molecule has 2 aliphatic rings. The molecule has 1 aromatic rings. The van der Waals surface area contributed by atoms with Gasteiger partial charge in [0, 0.05) is 57.7 Å². The first kappa shape index (κ1) is 21.1. The van der Waals surface area contributed by atoms with Gasteiger partial charge in [0.1, 0.15) is 17.2 Å². The van der Waals surface area contributed by atoms with Crippen LogP contribution in [0.5, 0.6) is 0 Å². The summed E-state index contributed by atoms with van der Waals surface area (Å²) >= 11 is 0. The number of benzene rings is 1. The SMILES string of the molecule is CC(C)(C)OC(=O)N1CCN(c2ccc(C(=O)N3CCC(=O)CC3)cc2F)CC1. The molecule has 2 heterocycles. The zero-order chi connectivity index (χ0) is 21.2. The van der Waals surface area contributed by atoms with E-state index in [0.717, 1.165) is 0 Å². The molecule has 158 valence electrons. The van der Waals surface area contributed by atoms with Gasteiger partial charge in [-0.2, -0.15) is 0 Å². The van der Waals surface area contributed by atoms with Gasteiger partial charge < -0.3 is 19.4 Å².